The van der Waals surface area contributed by atoms with Crippen LogP contribution in [0.4, 0.5) is 0 Å². The number of nitrogens with zero attached hydrogens (tertiary/aromatic N) is 1. The van der Waals surface area contributed by atoms with Gasteiger partial charge in [0.15, 0.2) is 0 Å². The summed E-state index contributed by atoms with van der Waals surface area (Å²) < 4.78 is 1.04. The highest BCUT2D eigenvalue weighted by atomic mass is 127. The fourth-order valence-electron chi connectivity index (χ4n) is 1.75. The summed E-state index contributed by atoms with van der Waals surface area (Å²) in [7, 11) is 1.85. The van der Waals surface area contributed by atoms with Crippen LogP contribution in [-0.2, 0) is 6.54 Å². The molecular weight excluding hydrogens is 357 g/mol. The Hall–Kier alpha value is -0.880. The van der Waals surface area contributed by atoms with Crippen LogP contribution in [0.5, 0.6) is 0 Å². The van der Waals surface area contributed by atoms with Gasteiger partial charge in [-0.25, -0.2) is 0 Å². The summed E-state index contributed by atoms with van der Waals surface area (Å²) in [5, 5.41) is 4.11. The van der Waals surface area contributed by atoms with Crippen LogP contribution in [-0.4, -0.2) is 17.9 Å². The summed E-state index contributed by atoms with van der Waals surface area (Å²) in [5.74, 6) is 0.0781. The first-order chi connectivity index (χ1) is 8.59. The van der Waals surface area contributed by atoms with Crippen LogP contribution >= 0.6 is 33.9 Å². The Morgan fingerprint density at radius 2 is 2.17 bits per heavy atom. The van der Waals surface area contributed by atoms with Crippen molar-refractivity contribution in [3.63, 3.8) is 0 Å². The van der Waals surface area contributed by atoms with Crippen molar-refractivity contribution in [3.8, 4) is 0 Å². The van der Waals surface area contributed by atoms with E-state index in [0.29, 0.717) is 6.54 Å². The molecule has 1 heterocycles. The maximum absolute atomic E-state index is 12.4. The zero-order chi connectivity index (χ0) is 13.1. The topological polar surface area (TPSA) is 20.3 Å². The third-order valence-electron chi connectivity index (χ3n) is 2.77. The molecule has 1 aromatic heterocycles. The first-order valence-electron chi connectivity index (χ1n) is 5.61. The monoisotopic (exact) mass is 371 g/mol. The fraction of sp³-hybridized carbons (Fsp3) is 0.214. The van der Waals surface area contributed by atoms with Gasteiger partial charge in [0.2, 0.25) is 0 Å². The van der Waals surface area contributed by atoms with E-state index in [9.17, 15) is 4.79 Å². The number of aryl methyl sites for hydroxylation is 1. The average molecular weight is 371 g/mol. The minimum Gasteiger partial charge on any atom is -0.337 e. The van der Waals surface area contributed by atoms with Gasteiger partial charge in [0, 0.05) is 17.2 Å². The van der Waals surface area contributed by atoms with E-state index in [-0.39, 0.29) is 5.91 Å². The smallest absolute Gasteiger partial charge is 0.254 e. The molecule has 0 spiro atoms. The number of hydrogen-bond donors (Lipinski definition) is 0. The molecule has 4 heteroatoms. The maximum atomic E-state index is 12.4. The molecule has 1 amide bonds. The van der Waals surface area contributed by atoms with E-state index in [1.165, 1.54) is 5.56 Å². The van der Waals surface area contributed by atoms with Crippen LogP contribution in [0, 0.1) is 10.5 Å². The predicted molar refractivity (Wildman–Crippen MR) is 84.0 cm³/mol. The summed E-state index contributed by atoms with van der Waals surface area (Å²) in [6.45, 7) is 2.68. The summed E-state index contributed by atoms with van der Waals surface area (Å²) in [5.41, 5.74) is 3.11. The molecule has 0 radical (unpaired) electrons. The van der Waals surface area contributed by atoms with E-state index >= 15 is 0 Å². The van der Waals surface area contributed by atoms with Gasteiger partial charge >= 0.3 is 0 Å². The number of halogens is 1. The van der Waals surface area contributed by atoms with Crippen LogP contribution in [0.2, 0.25) is 0 Å². The molecule has 0 atom stereocenters. The molecule has 0 saturated carbocycles. The number of hydrogen-bond acceptors (Lipinski definition) is 2. The van der Waals surface area contributed by atoms with E-state index in [2.05, 4.69) is 34.0 Å². The Bertz CT molecular complexity index is 551. The van der Waals surface area contributed by atoms with Gasteiger partial charge in [0.05, 0.1) is 5.56 Å². The Balaban J connectivity index is 2.18. The largest absolute Gasteiger partial charge is 0.337 e. The standard InChI is InChI=1S/C14H14INOS/c1-10-4-3-5-12(13(10)15)14(17)16(2)8-11-6-7-18-9-11/h3-7,9H,8H2,1-2H3. The third-order valence-corrected chi connectivity index (χ3v) is 4.93. The van der Waals surface area contributed by atoms with Crippen LogP contribution < -0.4 is 0 Å². The Morgan fingerprint density at radius 1 is 1.39 bits per heavy atom. The van der Waals surface area contributed by atoms with Crippen LogP contribution in [0.1, 0.15) is 21.5 Å². The van der Waals surface area contributed by atoms with E-state index in [1.807, 2.05) is 37.6 Å². The SMILES string of the molecule is Cc1cccc(C(=O)N(C)Cc2ccsc2)c1I. The van der Waals surface area contributed by atoms with Crippen molar-refractivity contribution in [1.82, 2.24) is 4.90 Å². The van der Waals surface area contributed by atoms with Crippen molar-refractivity contribution >= 4 is 39.8 Å². The molecule has 0 saturated heterocycles. The highest BCUT2D eigenvalue weighted by Gasteiger charge is 2.15. The Morgan fingerprint density at radius 3 is 2.83 bits per heavy atom. The van der Waals surface area contributed by atoms with E-state index < -0.39 is 0 Å². The van der Waals surface area contributed by atoms with Gasteiger partial charge in [-0.05, 0) is 63.5 Å². The summed E-state index contributed by atoms with van der Waals surface area (Å²) in [6.07, 6.45) is 0. The Labute approximate surface area is 125 Å². The minimum atomic E-state index is 0.0781. The second kappa shape index (κ2) is 5.84. The molecule has 0 aliphatic carbocycles. The van der Waals surface area contributed by atoms with Gasteiger partial charge in [0.25, 0.3) is 5.91 Å². The summed E-state index contributed by atoms with van der Waals surface area (Å²) in [4.78, 5) is 14.1. The lowest BCUT2D eigenvalue weighted by Crippen LogP contribution is -2.26. The quantitative estimate of drug-likeness (QED) is 0.749. The van der Waals surface area contributed by atoms with Crippen molar-refractivity contribution in [3.05, 3.63) is 55.3 Å². The summed E-state index contributed by atoms with van der Waals surface area (Å²) >= 11 is 3.89. The van der Waals surface area contributed by atoms with Crippen molar-refractivity contribution in [2.75, 3.05) is 7.05 Å². The number of rotatable bonds is 3. The number of benzene rings is 1. The van der Waals surface area contributed by atoms with Crippen LogP contribution in [0.15, 0.2) is 35.0 Å². The van der Waals surface area contributed by atoms with Gasteiger partial charge < -0.3 is 4.90 Å². The average Bonchev–Trinajstić information content (AvgIpc) is 2.84. The highest BCUT2D eigenvalue weighted by molar-refractivity contribution is 14.1. The lowest BCUT2D eigenvalue weighted by Gasteiger charge is -2.18. The Kier molecular flexibility index (Phi) is 4.40. The molecule has 94 valence electrons. The second-order valence-corrected chi connectivity index (χ2v) is 6.09. The summed E-state index contributed by atoms with van der Waals surface area (Å²) in [6, 6.07) is 7.90. The molecule has 2 rings (SSSR count). The third kappa shape index (κ3) is 2.92. The zero-order valence-corrected chi connectivity index (χ0v) is 13.3. The molecule has 2 nitrogen and oxygen atoms in total. The van der Waals surface area contributed by atoms with Gasteiger partial charge in [-0.3, -0.25) is 4.79 Å². The molecule has 2 aromatic rings. The molecule has 0 bridgehead atoms. The van der Waals surface area contributed by atoms with E-state index in [4.69, 9.17) is 0 Å². The number of carbonyl (C=O) groups is 1. The molecular formula is C14H14INOS. The molecule has 1 aromatic carbocycles. The highest BCUT2D eigenvalue weighted by Crippen LogP contribution is 2.19. The van der Waals surface area contributed by atoms with E-state index in [0.717, 1.165) is 14.7 Å². The van der Waals surface area contributed by atoms with Gasteiger partial charge in [0.1, 0.15) is 0 Å². The number of carbonyl (C=O) groups excluding carboxylic acids is 1. The van der Waals surface area contributed by atoms with Gasteiger partial charge in [-0.15, -0.1) is 0 Å². The van der Waals surface area contributed by atoms with Gasteiger partial charge in [-0.1, -0.05) is 12.1 Å². The molecule has 0 aliphatic heterocycles. The number of thiophene rings is 1. The first kappa shape index (κ1) is 13.5. The first-order valence-corrected chi connectivity index (χ1v) is 7.63. The maximum Gasteiger partial charge on any atom is 0.254 e. The van der Waals surface area contributed by atoms with E-state index in [1.54, 1.807) is 16.2 Å². The lowest BCUT2D eigenvalue weighted by atomic mass is 10.1. The second-order valence-electron chi connectivity index (χ2n) is 4.23. The van der Waals surface area contributed by atoms with Gasteiger partial charge in [-0.2, -0.15) is 11.3 Å². The zero-order valence-electron chi connectivity index (χ0n) is 10.3. The number of amides is 1. The van der Waals surface area contributed by atoms with Crippen molar-refractivity contribution in [2.24, 2.45) is 0 Å². The fourth-order valence-corrected chi connectivity index (χ4v) is 3.00. The molecule has 0 N–H and O–H groups in total. The minimum absolute atomic E-state index is 0.0781. The molecule has 18 heavy (non-hydrogen) atoms. The molecule has 0 fully saturated rings. The normalized spacial score (nSPS) is 10.4. The van der Waals surface area contributed by atoms with Crippen molar-refractivity contribution in [2.45, 2.75) is 13.5 Å². The molecule has 0 unspecified atom stereocenters. The molecule has 0 aliphatic rings. The van der Waals surface area contributed by atoms with Crippen molar-refractivity contribution < 1.29 is 4.79 Å². The van der Waals surface area contributed by atoms with Crippen LogP contribution in [0.25, 0.3) is 0 Å². The van der Waals surface area contributed by atoms with Crippen LogP contribution in [0.3, 0.4) is 0 Å². The lowest BCUT2D eigenvalue weighted by molar-refractivity contribution is 0.0784. The van der Waals surface area contributed by atoms with Crippen molar-refractivity contribution in [1.29, 1.82) is 0 Å². The predicted octanol–water partition coefficient (Wildman–Crippen LogP) is 3.93.